The van der Waals surface area contributed by atoms with E-state index in [-0.39, 0.29) is 5.82 Å². The number of nitriles is 1. The topological polar surface area (TPSA) is 35.8 Å². The van der Waals surface area contributed by atoms with Crippen LogP contribution in [0.3, 0.4) is 0 Å². The van der Waals surface area contributed by atoms with Gasteiger partial charge >= 0.3 is 0 Å². The summed E-state index contributed by atoms with van der Waals surface area (Å²) in [5.74, 6) is -0.371. The first-order valence-corrected chi connectivity index (χ1v) is 6.58. The van der Waals surface area contributed by atoms with E-state index in [0.29, 0.717) is 10.0 Å². The van der Waals surface area contributed by atoms with Crippen molar-refractivity contribution in [2.45, 2.75) is 13.0 Å². The highest BCUT2D eigenvalue weighted by atomic mass is 79.9. The molecule has 2 rings (SSSR count). The fourth-order valence-electron chi connectivity index (χ4n) is 1.77. The van der Waals surface area contributed by atoms with Gasteiger partial charge in [-0.15, -0.1) is 0 Å². The number of hydrogen-bond acceptors (Lipinski definition) is 2. The van der Waals surface area contributed by atoms with E-state index in [4.69, 9.17) is 0 Å². The van der Waals surface area contributed by atoms with Gasteiger partial charge in [0.1, 0.15) is 11.9 Å². The first-order chi connectivity index (χ1) is 9.11. The molecule has 0 heterocycles. The van der Waals surface area contributed by atoms with Crippen molar-refractivity contribution >= 4 is 21.6 Å². The molecule has 1 unspecified atom stereocenters. The number of anilines is 1. The molecule has 0 saturated carbocycles. The van der Waals surface area contributed by atoms with Crippen LogP contribution in [-0.2, 0) is 0 Å². The monoisotopic (exact) mass is 318 g/mol. The van der Waals surface area contributed by atoms with E-state index in [1.807, 2.05) is 31.2 Å². The summed E-state index contributed by atoms with van der Waals surface area (Å²) in [6, 6.07) is 13.9. The SMILES string of the molecule is Cc1ccccc1NC(C#N)c1ccc(Br)c(F)c1. The molecule has 0 aliphatic rings. The van der Waals surface area contributed by atoms with E-state index in [1.54, 1.807) is 12.1 Å². The summed E-state index contributed by atoms with van der Waals surface area (Å²) in [4.78, 5) is 0. The number of rotatable bonds is 3. The van der Waals surface area contributed by atoms with Crippen LogP contribution in [0.4, 0.5) is 10.1 Å². The lowest BCUT2D eigenvalue weighted by Gasteiger charge is -2.15. The molecule has 0 spiro atoms. The summed E-state index contributed by atoms with van der Waals surface area (Å²) in [5.41, 5.74) is 2.52. The zero-order valence-corrected chi connectivity index (χ0v) is 11.9. The maximum Gasteiger partial charge on any atom is 0.140 e. The minimum absolute atomic E-state index is 0.371. The van der Waals surface area contributed by atoms with Gasteiger partial charge in [-0.25, -0.2) is 4.39 Å². The van der Waals surface area contributed by atoms with E-state index in [0.717, 1.165) is 11.3 Å². The fourth-order valence-corrected chi connectivity index (χ4v) is 2.02. The number of benzene rings is 2. The van der Waals surface area contributed by atoms with Crippen LogP contribution >= 0.6 is 15.9 Å². The van der Waals surface area contributed by atoms with Crippen molar-refractivity contribution in [1.82, 2.24) is 0 Å². The average Bonchev–Trinajstić information content (AvgIpc) is 2.41. The third kappa shape index (κ3) is 3.12. The van der Waals surface area contributed by atoms with E-state index in [1.165, 1.54) is 6.07 Å². The minimum Gasteiger partial charge on any atom is -0.366 e. The highest BCUT2D eigenvalue weighted by molar-refractivity contribution is 9.10. The Hall–Kier alpha value is -1.86. The second-order valence-corrected chi connectivity index (χ2v) is 5.05. The van der Waals surface area contributed by atoms with Crippen molar-refractivity contribution in [3.05, 3.63) is 63.9 Å². The molecule has 1 N–H and O–H groups in total. The fraction of sp³-hybridized carbons (Fsp3) is 0.133. The number of nitrogens with one attached hydrogen (secondary N) is 1. The molecule has 19 heavy (non-hydrogen) atoms. The Morgan fingerprint density at radius 3 is 2.63 bits per heavy atom. The van der Waals surface area contributed by atoms with E-state index < -0.39 is 6.04 Å². The molecule has 0 amide bonds. The van der Waals surface area contributed by atoms with Crippen molar-refractivity contribution in [2.24, 2.45) is 0 Å². The molecule has 0 aliphatic heterocycles. The third-order valence-electron chi connectivity index (χ3n) is 2.85. The molecule has 96 valence electrons. The summed E-state index contributed by atoms with van der Waals surface area (Å²) in [6.07, 6.45) is 0. The summed E-state index contributed by atoms with van der Waals surface area (Å²) < 4.78 is 13.9. The second kappa shape index (κ2) is 5.85. The van der Waals surface area contributed by atoms with Crippen LogP contribution in [0.2, 0.25) is 0 Å². The number of halogens is 2. The number of hydrogen-bond donors (Lipinski definition) is 1. The van der Waals surface area contributed by atoms with Gasteiger partial charge in [0.2, 0.25) is 0 Å². The van der Waals surface area contributed by atoms with Gasteiger partial charge < -0.3 is 5.32 Å². The van der Waals surface area contributed by atoms with Crippen LogP contribution in [-0.4, -0.2) is 0 Å². The van der Waals surface area contributed by atoms with E-state index in [2.05, 4.69) is 27.3 Å². The standard InChI is InChI=1S/C15H12BrFN2/c1-10-4-2-3-5-14(10)19-15(9-18)11-6-7-12(16)13(17)8-11/h2-8,15,19H,1H3. The molecule has 0 aliphatic carbocycles. The van der Waals surface area contributed by atoms with E-state index >= 15 is 0 Å². The molecule has 1 atom stereocenters. The van der Waals surface area contributed by atoms with Crippen LogP contribution in [0.5, 0.6) is 0 Å². The Morgan fingerprint density at radius 1 is 1.26 bits per heavy atom. The number of para-hydroxylation sites is 1. The molecule has 4 heteroatoms. The lowest BCUT2D eigenvalue weighted by Crippen LogP contribution is -2.09. The highest BCUT2D eigenvalue weighted by Crippen LogP contribution is 2.24. The lowest BCUT2D eigenvalue weighted by molar-refractivity contribution is 0.618. The predicted octanol–water partition coefficient (Wildman–Crippen LogP) is 4.57. The largest absolute Gasteiger partial charge is 0.366 e. The molecular weight excluding hydrogens is 307 g/mol. The summed E-state index contributed by atoms with van der Waals surface area (Å²) >= 11 is 3.10. The first kappa shape index (κ1) is 13.6. The quantitative estimate of drug-likeness (QED) is 0.899. The molecule has 0 aromatic heterocycles. The first-order valence-electron chi connectivity index (χ1n) is 5.78. The van der Waals surface area contributed by atoms with Crippen molar-refractivity contribution in [3.8, 4) is 6.07 Å². The van der Waals surface area contributed by atoms with Crippen LogP contribution in [0, 0.1) is 24.1 Å². The maximum absolute atomic E-state index is 13.5. The average molecular weight is 319 g/mol. The predicted molar refractivity (Wildman–Crippen MR) is 77.3 cm³/mol. The summed E-state index contributed by atoms with van der Waals surface area (Å²) in [7, 11) is 0. The van der Waals surface area contributed by atoms with E-state index in [9.17, 15) is 9.65 Å². The van der Waals surface area contributed by atoms with Gasteiger partial charge in [-0.05, 0) is 52.2 Å². The summed E-state index contributed by atoms with van der Waals surface area (Å²) in [6.45, 7) is 1.96. The van der Waals surface area contributed by atoms with Crippen molar-refractivity contribution < 1.29 is 4.39 Å². The smallest absolute Gasteiger partial charge is 0.140 e. The molecule has 0 fully saturated rings. The number of aryl methyl sites for hydroxylation is 1. The van der Waals surface area contributed by atoms with Gasteiger partial charge in [0.15, 0.2) is 0 Å². The highest BCUT2D eigenvalue weighted by Gasteiger charge is 2.13. The molecule has 0 saturated heterocycles. The molecule has 2 aromatic rings. The van der Waals surface area contributed by atoms with Gasteiger partial charge in [-0.2, -0.15) is 5.26 Å². The van der Waals surface area contributed by atoms with Gasteiger partial charge in [0.05, 0.1) is 10.5 Å². The number of nitrogens with zero attached hydrogens (tertiary/aromatic N) is 1. The lowest BCUT2D eigenvalue weighted by atomic mass is 10.1. The second-order valence-electron chi connectivity index (χ2n) is 4.19. The molecule has 2 aromatic carbocycles. The van der Waals surface area contributed by atoms with Gasteiger partial charge in [-0.3, -0.25) is 0 Å². The molecule has 0 radical (unpaired) electrons. The third-order valence-corrected chi connectivity index (χ3v) is 3.49. The van der Waals surface area contributed by atoms with Crippen LogP contribution in [0.15, 0.2) is 46.9 Å². The van der Waals surface area contributed by atoms with Crippen molar-refractivity contribution in [3.63, 3.8) is 0 Å². The Balaban J connectivity index is 2.28. The Bertz CT molecular complexity index is 634. The van der Waals surface area contributed by atoms with Crippen molar-refractivity contribution in [2.75, 3.05) is 5.32 Å². The summed E-state index contributed by atoms with van der Waals surface area (Å²) in [5, 5.41) is 12.4. The molecule has 2 nitrogen and oxygen atoms in total. The van der Waals surface area contributed by atoms with Crippen molar-refractivity contribution in [1.29, 1.82) is 5.26 Å². The van der Waals surface area contributed by atoms with Gasteiger partial charge in [-0.1, -0.05) is 24.3 Å². The zero-order chi connectivity index (χ0) is 13.8. The minimum atomic E-state index is -0.580. The molecular formula is C15H12BrFN2. The van der Waals surface area contributed by atoms with Gasteiger partial charge in [0, 0.05) is 5.69 Å². The Morgan fingerprint density at radius 2 is 2.00 bits per heavy atom. The van der Waals surface area contributed by atoms with Crippen LogP contribution in [0.1, 0.15) is 17.2 Å². The molecule has 0 bridgehead atoms. The van der Waals surface area contributed by atoms with Gasteiger partial charge in [0.25, 0.3) is 0 Å². The maximum atomic E-state index is 13.5. The Labute approximate surface area is 120 Å². The normalized spacial score (nSPS) is 11.7. The van der Waals surface area contributed by atoms with Crippen LogP contribution < -0.4 is 5.32 Å². The van der Waals surface area contributed by atoms with Crippen LogP contribution in [0.25, 0.3) is 0 Å². The Kier molecular flexibility index (Phi) is 4.18. The zero-order valence-electron chi connectivity index (χ0n) is 10.3.